The topological polar surface area (TPSA) is 72.5 Å². The Bertz CT molecular complexity index is 873. The summed E-state index contributed by atoms with van der Waals surface area (Å²) in [6.45, 7) is 0. The van der Waals surface area contributed by atoms with Crippen molar-refractivity contribution >= 4 is 17.7 Å². The Morgan fingerprint density at radius 1 is 0.897 bits per heavy atom. The molecule has 0 bridgehead atoms. The molecular formula is C20H17F4NO4. The average molecular weight is 411 g/mol. The molecule has 2 aromatic rings. The first kappa shape index (κ1) is 22.1. The van der Waals surface area contributed by atoms with Crippen LogP contribution in [-0.4, -0.2) is 42.7 Å². The first-order valence-electron chi connectivity index (χ1n) is 8.39. The van der Waals surface area contributed by atoms with Gasteiger partial charge in [-0.2, -0.15) is 17.6 Å². The van der Waals surface area contributed by atoms with Crippen LogP contribution in [0.1, 0.15) is 15.9 Å². The normalized spacial score (nSPS) is 12.7. The molecule has 0 saturated carbocycles. The van der Waals surface area contributed by atoms with Crippen molar-refractivity contribution in [1.82, 2.24) is 5.32 Å². The summed E-state index contributed by atoms with van der Waals surface area (Å²) >= 11 is 0. The molecule has 0 aromatic heterocycles. The van der Waals surface area contributed by atoms with Gasteiger partial charge in [0.25, 0.3) is 5.91 Å². The van der Waals surface area contributed by atoms with E-state index in [9.17, 15) is 31.9 Å². The maximum atomic E-state index is 14.3. The molecule has 1 N–H and O–H groups in total. The van der Waals surface area contributed by atoms with E-state index in [0.29, 0.717) is 12.7 Å². The van der Waals surface area contributed by atoms with Crippen LogP contribution in [0, 0.1) is 0 Å². The van der Waals surface area contributed by atoms with Crippen LogP contribution >= 0.6 is 0 Å². The zero-order valence-electron chi connectivity index (χ0n) is 15.2. The Morgan fingerprint density at radius 3 is 1.93 bits per heavy atom. The number of Topliss-reactive ketones (excluding diaryl/α,β-unsaturated/α-hetero) is 1. The first-order chi connectivity index (χ1) is 13.6. The minimum absolute atomic E-state index is 0.0430. The summed E-state index contributed by atoms with van der Waals surface area (Å²) in [5.74, 6) is -16.6. The highest BCUT2D eigenvalue weighted by molar-refractivity contribution is 6.02. The van der Waals surface area contributed by atoms with E-state index in [0.717, 1.165) is 0 Å². The van der Waals surface area contributed by atoms with Gasteiger partial charge in [-0.05, 0) is 17.7 Å². The number of ketones is 1. The van der Waals surface area contributed by atoms with Crippen molar-refractivity contribution in [2.45, 2.75) is 24.3 Å². The zero-order valence-corrected chi connectivity index (χ0v) is 15.2. The van der Waals surface area contributed by atoms with Crippen LogP contribution in [0.25, 0.3) is 0 Å². The summed E-state index contributed by atoms with van der Waals surface area (Å²) in [6, 6.07) is 13.0. The fraction of sp³-hybridized carbons (Fsp3) is 0.250. The lowest BCUT2D eigenvalue weighted by molar-refractivity contribution is -0.224. The summed E-state index contributed by atoms with van der Waals surface area (Å²) < 4.78 is 60.0. The van der Waals surface area contributed by atoms with E-state index in [1.165, 1.54) is 36.4 Å². The number of carbonyl (C=O) groups is 3. The third-order valence-corrected chi connectivity index (χ3v) is 4.09. The van der Waals surface area contributed by atoms with Crippen molar-refractivity contribution in [2.24, 2.45) is 0 Å². The number of halogens is 4. The van der Waals surface area contributed by atoms with Gasteiger partial charge in [0.2, 0.25) is 5.78 Å². The van der Waals surface area contributed by atoms with E-state index in [2.05, 4.69) is 10.1 Å². The smallest absolute Gasteiger partial charge is 0.411 e. The molecule has 5 nitrogen and oxygen atoms in total. The first-order valence-corrected chi connectivity index (χ1v) is 8.39. The molecule has 1 unspecified atom stereocenters. The number of hydrogen-bond acceptors (Lipinski definition) is 4. The number of esters is 1. The van der Waals surface area contributed by atoms with E-state index in [1.807, 2.05) is 0 Å². The quantitative estimate of drug-likeness (QED) is 0.536. The minimum Gasteiger partial charge on any atom is -0.464 e. The monoisotopic (exact) mass is 411 g/mol. The fourth-order valence-corrected chi connectivity index (χ4v) is 2.52. The highest BCUT2D eigenvalue weighted by atomic mass is 19.3. The molecule has 1 atom stereocenters. The van der Waals surface area contributed by atoms with E-state index in [4.69, 9.17) is 0 Å². The second kappa shape index (κ2) is 8.85. The number of ether oxygens (including phenoxy) is 1. The predicted molar refractivity (Wildman–Crippen MR) is 94.8 cm³/mol. The summed E-state index contributed by atoms with van der Waals surface area (Å²) in [6.07, 6.45) is -0.481. The minimum atomic E-state index is -5.40. The fourth-order valence-electron chi connectivity index (χ4n) is 2.52. The van der Waals surface area contributed by atoms with Crippen LogP contribution in [0.2, 0.25) is 0 Å². The average Bonchev–Trinajstić information content (AvgIpc) is 2.73. The number of rotatable bonds is 8. The van der Waals surface area contributed by atoms with E-state index in [-0.39, 0.29) is 5.56 Å². The number of amides is 1. The molecule has 0 fully saturated rings. The maximum Gasteiger partial charge on any atom is 0.411 e. The van der Waals surface area contributed by atoms with Crippen LogP contribution in [0.5, 0.6) is 0 Å². The molecule has 0 aliphatic rings. The Hall–Kier alpha value is -3.23. The number of nitrogens with one attached hydrogen (secondary N) is 1. The second-order valence-electron chi connectivity index (χ2n) is 6.09. The summed E-state index contributed by atoms with van der Waals surface area (Å²) in [5, 5.41) is 2.06. The van der Waals surface area contributed by atoms with Gasteiger partial charge in [0.15, 0.2) is 0 Å². The molecule has 1 amide bonds. The van der Waals surface area contributed by atoms with Crippen molar-refractivity contribution in [3.05, 3.63) is 71.8 Å². The van der Waals surface area contributed by atoms with Crippen molar-refractivity contribution in [3.63, 3.8) is 0 Å². The second-order valence-corrected chi connectivity index (χ2v) is 6.09. The molecule has 0 aliphatic carbocycles. The van der Waals surface area contributed by atoms with Crippen molar-refractivity contribution < 1.29 is 36.7 Å². The standard InChI is InChI=1S/C20H17F4NO4/c1-29-18(28)20(23,24)19(21,22)16(26)15(12-13-8-4-2-5-9-13)25-17(27)14-10-6-3-7-11-14/h2-11,15H,12H2,1H3,(H,25,27). The number of carbonyl (C=O) groups excluding carboxylic acids is 3. The van der Waals surface area contributed by atoms with Crippen LogP contribution in [0.3, 0.4) is 0 Å². The molecule has 0 heterocycles. The van der Waals surface area contributed by atoms with Gasteiger partial charge in [-0.1, -0.05) is 48.5 Å². The third-order valence-electron chi connectivity index (χ3n) is 4.09. The van der Waals surface area contributed by atoms with Crippen LogP contribution < -0.4 is 5.32 Å². The Labute approximate surface area is 163 Å². The number of methoxy groups -OCH3 is 1. The van der Waals surface area contributed by atoms with Gasteiger partial charge in [-0.15, -0.1) is 0 Å². The number of alkyl halides is 4. The molecular weight excluding hydrogens is 394 g/mol. The zero-order chi connectivity index (χ0) is 21.7. The maximum absolute atomic E-state index is 14.3. The van der Waals surface area contributed by atoms with Gasteiger partial charge < -0.3 is 10.1 Å². The van der Waals surface area contributed by atoms with Gasteiger partial charge in [-0.25, -0.2) is 4.79 Å². The predicted octanol–water partition coefficient (Wildman–Crippen LogP) is 3.04. The summed E-state index contributed by atoms with van der Waals surface area (Å²) in [5.41, 5.74) is 0.387. The van der Waals surface area contributed by atoms with Gasteiger partial charge in [0.05, 0.1) is 13.2 Å². The Kier molecular flexibility index (Phi) is 6.73. The molecule has 0 aliphatic heterocycles. The van der Waals surface area contributed by atoms with E-state index < -0.39 is 42.0 Å². The van der Waals surface area contributed by atoms with Crippen molar-refractivity contribution in [3.8, 4) is 0 Å². The highest BCUT2D eigenvalue weighted by Crippen LogP contribution is 2.37. The molecule has 2 rings (SSSR count). The lowest BCUT2D eigenvalue weighted by atomic mass is 9.95. The highest BCUT2D eigenvalue weighted by Gasteiger charge is 2.68. The lowest BCUT2D eigenvalue weighted by Crippen LogP contribution is -2.59. The summed E-state index contributed by atoms with van der Waals surface area (Å²) in [7, 11) is 0.495. The SMILES string of the molecule is COC(=O)C(F)(F)C(F)(F)C(=O)C(Cc1ccccc1)NC(=O)c1ccccc1. The van der Waals surface area contributed by atoms with Gasteiger partial charge in [0, 0.05) is 12.0 Å². The lowest BCUT2D eigenvalue weighted by Gasteiger charge is -2.27. The molecule has 2 aromatic carbocycles. The van der Waals surface area contributed by atoms with E-state index in [1.54, 1.807) is 24.3 Å². The van der Waals surface area contributed by atoms with Gasteiger partial charge >= 0.3 is 17.8 Å². The van der Waals surface area contributed by atoms with Crippen LogP contribution in [0.4, 0.5) is 17.6 Å². The Morgan fingerprint density at radius 2 is 1.41 bits per heavy atom. The van der Waals surface area contributed by atoms with Crippen molar-refractivity contribution in [1.29, 1.82) is 0 Å². The van der Waals surface area contributed by atoms with Crippen LogP contribution in [0.15, 0.2) is 60.7 Å². The van der Waals surface area contributed by atoms with Crippen LogP contribution in [-0.2, 0) is 20.7 Å². The number of benzene rings is 2. The number of hydrogen-bond donors (Lipinski definition) is 1. The van der Waals surface area contributed by atoms with Gasteiger partial charge in [0.1, 0.15) is 0 Å². The van der Waals surface area contributed by atoms with Crippen molar-refractivity contribution in [2.75, 3.05) is 7.11 Å². The molecule has 0 radical (unpaired) electrons. The van der Waals surface area contributed by atoms with E-state index >= 15 is 0 Å². The Balaban J connectivity index is 2.36. The molecule has 0 saturated heterocycles. The molecule has 9 heteroatoms. The molecule has 29 heavy (non-hydrogen) atoms. The summed E-state index contributed by atoms with van der Waals surface area (Å²) in [4.78, 5) is 35.8. The third kappa shape index (κ3) is 4.79. The molecule has 0 spiro atoms. The molecule has 154 valence electrons. The largest absolute Gasteiger partial charge is 0.464 e. The van der Waals surface area contributed by atoms with Gasteiger partial charge in [-0.3, -0.25) is 9.59 Å².